The van der Waals surface area contributed by atoms with E-state index in [1.54, 1.807) is 18.2 Å². The Hall–Kier alpha value is -1.93. The van der Waals surface area contributed by atoms with Gasteiger partial charge in [-0.3, -0.25) is 9.59 Å². The maximum atomic E-state index is 12.8. The molecule has 1 heterocycles. The lowest BCUT2D eigenvalue weighted by atomic mass is 10.1. The summed E-state index contributed by atoms with van der Waals surface area (Å²) >= 11 is 0. The molecular weight excluding hydrogens is 344 g/mol. The third kappa shape index (κ3) is 3.69. The predicted octanol–water partition coefficient (Wildman–Crippen LogP) is 1.21. The number of sulfonamides is 1. The summed E-state index contributed by atoms with van der Waals surface area (Å²) in [4.78, 5) is 23.8. The van der Waals surface area contributed by atoms with Crippen molar-refractivity contribution in [1.82, 2.24) is 9.62 Å². The highest BCUT2D eigenvalue weighted by molar-refractivity contribution is 7.89. The van der Waals surface area contributed by atoms with Crippen LogP contribution in [0.15, 0.2) is 35.2 Å². The van der Waals surface area contributed by atoms with E-state index in [0.29, 0.717) is 38.6 Å². The van der Waals surface area contributed by atoms with Crippen LogP contribution in [-0.4, -0.2) is 48.3 Å². The van der Waals surface area contributed by atoms with Gasteiger partial charge in [-0.1, -0.05) is 18.2 Å². The highest BCUT2D eigenvalue weighted by Crippen LogP contribution is 2.28. The van der Waals surface area contributed by atoms with Crippen LogP contribution in [0.5, 0.6) is 0 Å². The molecule has 1 unspecified atom stereocenters. The van der Waals surface area contributed by atoms with Crippen LogP contribution < -0.4 is 5.32 Å². The van der Waals surface area contributed by atoms with Gasteiger partial charge < -0.3 is 10.4 Å². The zero-order valence-corrected chi connectivity index (χ0v) is 14.6. The maximum absolute atomic E-state index is 12.8. The van der Waals surface area contributed by atoms with Gasteiger partial charge in [-0.05, 0) is 44.2 Å². The number of hydrogen-bond acceptors (Lipinski definition) is 4. The fraction of sp³-hybridized carbons (Fsp3) is 0.529. The number of benzene rings is 1. The first-order valence-corrected chi connectivity index (χ1v) is 9.93. The lowest BCUT2D eigenvalue weighted by Crippen LogP contribution is -2.48. The highest BCUT2D eigenvalue weighted by Gasteiger charge is 2.40. The summed E-state index contributed by atoms with van der Waals surface area (Å²) < 4.78 is 26.9. The van der Waals surface area contributed by atoms with Gasteiger partial charge in [-0.15, -0.1) is 0 Å². The summed E-state index contributed by atoms with van der Waals surface area (Å²) in [6, 6.07) is 7.18. The van der Waals surface area contributed by atoms with Gasteiger partial charge in [0.2, 0.25) is 15.9 Å². The normalized spacial score (nSPS) is 27.3. The van der Waals surface area contributed by atoms with Gasteiger partial charge in [0.05, 0.1) is 10.8 Å². The molecule has 3 rings (SSSR count). The van der Waals surface area contributed by atoms with Crippen molar-refractivity contribution < 1.29 is 23.1 Å². The quantitative estimate of drug-likeness (QED) is 0.815. The first-order chi connectivity index (χ1) is 11.9. The van der Waals surface area contributed by atoms with E-state index >= 15 is 0 Å². The second-order valence-corrected chi connectivity index (χ2v) is 8.53. The second-order valence-electron chi connectivity index (χ2n) is 6.64. The van der Waals surface area contributed by atoms with E-state index in [0.717, 1.165) is 0 Å². The molecule has 0 radical (unpaired) electrons. The number of aliphatic carboxylic acids is 1. The van der Waals surface area contributed by atoms with E-state index in [9.17, 15) is 18.0 Å². The summed E-state index contributed by atoms with van der Waals surface area (Å²) in [5, 5.41) is 11.9. The molecule has 1 aliphatic carbocycles. The molecule has 1 amide bonds. The van der Waals surface area contributed by atoms with Crippen molar-refractivity contribution in [2.24, 2.45) is 5.92 Å². The van der Waals surface area contributed by atoms with E-state index in [1.807, 2.05) is 0 Å². The minimum atomic E-state index is -3.71. The van der Waals surface area contributed by atoms with E-state index in [1.165, 1.54) is 16.4 Å². The average Bonchev–Trinajstić information content (AvgIpc) is 3.25. The molecule has 1 aromatic carbocycles. The molecule has 7 nitrogen and oxygen atoms in total. The minimum Gasteiger partial charge on any atom is -0.481 e. The molecule has 8 heteroatoms. The molecule has 1 aromatic rings. The van der Waals surface area contributed by atoms with Crippen molar-refractivity contribution in [3.63, 3.8) is 0 Å². The number of rotatable bonds is 5. The van der Waals surface area contributed by atoms with Crippen molar-refractivity contribution >= 4 is 21.9 Å². The molecule has 1 aliphatic heterocycles. The van der Waals surface area contributed by atoms with E-state index in [-0.39, 0.29) is 16.8 Å². The Bertz CT molecular complexity index is 750. The van der Waals surface area contributed by atoms with Crippen LogP contribution in [-0.2, 0) is 19.6 Å². The van der Waals surface area contributed by atoms with Crippen molar-refractivity contribution in [2.45, 2.75) is 49.1 Å². The lowest BCUT2D eigenvalue weighted by molar-refractivity contribution is -0.141. The van der Waals surface area contributed by atoms with Crippen LogP contribution in [0.2, 0.25) is 0 Å². The SMILES string of the molecule is O=C(N[C@H]1CC[C@@H](C(=O)O)C1)C1CCCN1S(=O)(=O)c1ccccc1. The van der Waals surface area contributed by atoms with E-state index in [2.05, 4.69) is 5.32 Å². The molecule has 0 spiro atoms. The van der Waals surface area contributed by atoms with E-state index in [4.69, 9.17) is 5.11 Å². The average molecular weight is 366 g/mol. The monoisotopic (exact) mass is 366 g/mol. The van der Waals surface area contributed by atoms with Gasteiger partial charge in [0.1, 0.15) is 6.04 Å². The lowest BCUT2D eigenvalue weighted by Gasteiger charge is -2.25. The number of nitrogens with zero attached hydrogens (tertiary/aromatic N) is 1. The Morgan fingerprint density at radius 3 is 2.48 bits per heavy atom. The number of carboxylic acid groups (broad SMARTS) is 1. The van der Waals surface area contributed by atoms with Crippen LogP contribution in [0.1, 0.15) is 32.1 Å². The topological polar surface area (TPSA) is 104 Å². The molecule has 3 atom stereocenters. The first kappa shape index (κ1) is 17.9. The van der Waals surface area contributed by atoms with Gasteiger partial charge in [-0.25, -0.2) is 8.42 Å². The van der Waals surface area contributed by atoms with Crippen LogP contribution in [0.25, 0.3) is 0 Å². The zero-order valence-electron chi connectivity index (χ0n) is 13.8. The first-order valence-electron chi connectivity index (χ1n) is 8.49. The fourth-order valence-electron chi connectivity index (χ4n) is 3.65. The minimum absolute atomic E-state index is 0.182. The molecule has 2 N–H and O–H groups in total. The van der Waals surface area contributed by atoms with Crippen molar-refractivity contribution in [2.75, 3.05) is 6.54 Å². The summed E-state index contributed by atoms with van der Waals surface area (Å²) in [6.07, 6.45) is 2.66. The molecule has 25 heavy (non-hydrogen) atoms. The zero-order chi connectivity index (χ0) is 18.0. The molecule has 1 saturated carbocycles. The maximum Gasteiger partial charge on any atom is 0.306 e. The molecule has 2 fully saturated rings. The van der Waals surface area contributed by atoms with Gasteiger partial charge in [0, 0.05) is 12.6 Å². The number of hydrogen-bond donors (Lipinski definition) is 2. The second kappa shape index (κ2) is 7.13. The standard InChI is InChI=1S/C17H22N2O5S/c20-16(18-13-9-8-12(11-13)17(21)22)15-7-4-10-19(15)25(23,24)14-5-2-1-3-6-14/h1-3,5-6,12-13,15H,4,7-11H2,(H,18,20)(H,21,22)/t12-,13+,15?/m1/s1. The molecule has 0 aromatic heterocycles. The number of amides is 1. The fourth-order valence-corrected chi connectivity index (χ4v) is 5.33. The Labute approximate surface area is 147 Å². The highest BCUT2D eigenvalue weighted by atomic mass is 32.2. The Balaban J connectivity index is 1.69. The van der Waals surface area contributed by atoms with Crippen molar-refractivity contribution in [3.05, 3.63) is 30.3 Å². The van der Waals surface area contributed by atoms with Gasteiger partial charge in [0.25, 0.3) is 0 Å². The Morgan fingerprint density at radius 1 is 1.12 bits per heavy atom. The van der Waals surface area contributed by atoms with Crippen LogP contribution in [0, 0.1) is 5.92 Å². The molecular formula is C17H22N2O5S. The molecule has 136 valence electrons. The third-order valence-electron chi connectivity index (χ3n) is 4.98. The third-order valence-corrected chi connectivity index (χ3v) is 6.91. The number of carbonyl (C=O) groups excluding carboxylic acids is 1. The van der Waals surface area contributed by atoms with E-state index < -0.39 is 28.0 Å². The number of carboxylic acids is 1. The van der Waals surface area contributed by atoms with Crippen LogP contribution >= 0.6 is 0 Å². The summed E-state index contributed by atoms with van der Waals surface area (Å²) in [5.74, 6) is -1.60. The van der Waals surface area contributed by atoms with Crippen molar-refractivity contribution in [3.8, 4) is 0 Å². The van der Waals surface area contributed by atoms with Crippen molar-refractivity contribution in [1.29, 1.82) is 0 Å². The van der Waals surface area contributed by atoms with Crippen LogP contribution in [0.3, 0.4) is 0 Å². The smallest absolute Gasteiger partial charge is 0.306 e. The summed E-state index contributed by atoms with van der Waals surface area (Å²) in [6.45, 7) is 0.317. The van der Waals surface area contributed by atoms with Gasteiger partial charge >= 0.3 is 5.97 Å². The molecule has 2 aliphatic rings. The largest absolute Gasteiger partial charge is 0.481 e. The summed E-state index contributed by atoms with van der Waals surface area (Å²) in [5.41, 5.74) is 0. The Kier molecular flexibility index (Phi) is 5.10. The predicted molar refractivity (Wildman–Crippen MR) is 90.3 cm³/mol. The van der Waals surface area contributed by atoms with Gasteiger partial charge in [-0.2, -0.15) is 4.31 Å². The Morgan fingerprint density at radius 2 is 1.84 bits per heavy atom. The number of carbonyl (C=O) groups is 2. The number of nitrogens with one attached hydrogen (secondary N) is 1. The summed E-state index contributed by atoms with van der Waals surface area (Å²) in [7, 11) is -3.71. The molecule has 0 bridgehead atoms. The van der Waals surface area contributed by atoms with Gasteiger partial charge in [0.15, 0.2) is 0 Å². The molecule has 1 saturated heterocycles. The van der Waals surface area contributed by atoms with Crippen LogP contribution in [0.4, 0.5) is 0 Å².